The number of nitrogens with two attached hydrogens (primary N) is 1. The third-order valence-electron chi connectivity index (χ3n) is 4.32. The van der Waals surface area contributed by atoms with Crippen LogP contribution < -0.4 is 20.1 Å². The Balaban J connectivity index is 1.69. The average molecular weight is 507 g/mol. The molecule has 1 saturated heterocycles. The number of anilines is 1. The van der Waals surface area contributed by atoms with Crippen molar-refractivity contribution >= 4 is 56.6 Å². The molecule has 1 aliphatic rings. The minimum Gasteiger partial charge on any atom is -0.502 e. The van der Waals surface area contributed by atoms with E-state index in [1.807, 2.05) is 0 Å². The second-order valence-electron chi connectivity index (χ2n) is 6.31. The Kier molecular flexibility index (Phi) is 7.18. The van der Waals surface area contributed by atoms with Gasteiger partial charge in [0.1, 0.15) is 5.25 Å². The van der Waals surface area contributed by atoms with Gasteiger partial charge in [-0.15, -0.1) is 5.10 Å². The summed E-state index contributed by atoms with van der Waals surface area (Å²) in [7, 11) is 2.83. The fourth-order valence-corrected chi connectivity index (χ4v) is 3.95. The van der Waals surface area contributed by atoms with Crippen LogP contribution in [0.1, 0.15) is 12.0 Å². The predicted octanol–water partition coefficient (Wildman–Crippen LogP) is 2.89. The highest BCUT2D eigenvalue weighted by Gasteiger charge is 2.40. The number of phenols is 1. The van der Waals surface area contributed by atoms with Gasteiger partial charge in [0.15, 0.2) is 16.7 Å². The maximum Gasteiger partial charge on any atom is 0.247 e. The lowest BCUT2D eigenvalue weighted by Crippen LogP contribution is -2.31. The van der Waals surface area contributed by atoms with Crippen molar-refractivity contribution in [3.8, 4) is 17.2 Å². The van der Waals surface area contributed by atoms with Crippen LogP contribution in [-0.2, 0) is 9.59 Å². The second kappa shape index (κ2) is 9.84. The van der Waals surface area contributed by atoms with E-state index in [0.29, 0.717) is 11.3 Å². The molecule has 2 amide bonds. The molecule has 0 bridgehead atoms. The highest BCUT2D eigenvalue weighted by atomic mass is 79.9. The first-order chi connectivity index (χ1) is 14.8. The van der Waals surface area contributed by atoms with Crippen LogP contribution in [0.25, 0.3) is 0 Å². The highest BCUT2D eigenvalue weighted by molar-refractivity contribution is 9.10. The smallest absolute Gasteiger partial charge is 0.247 e. The van der Waals surface area contributed by atoms with Crippen molar-refractivity contribution in [1.29, 1.82) is 0 Å². The van der Waals surface area contributed by atoms with E-state index in [2.05, 4.69) is 26.1 Å². The van der Waals surface area contributed by atoms with Gasteiger partial charge in [0, 0.05) is 16.5 Å². The first kappa shape index (κ1) is 22.6. The van der Waals surface area contributed by atoms with Crippen LogP contribution in [0.15, 0.2) is 51.1 Å². The number of aromatic hydroxyl groups is 1. The summed E-state index contributed by atoms with van der Waals surface area (Å²) in [6.45, 7) is 0. The van der Waals surface area contributed by atoms with Crippen molar-refractivity contribution in [1.82, 2.24) is 0 Å². The molecule has 3 N–H and O–H groups in total. The summed E-state index contributed by atoms with van der Waals surface area (Å²) in [5.74, 6) is -0.345. The van der Waals surface area contributed by atoms with E-state index in [1.165, 1.54) is 20.4 Å². The molecule has 31 heavy (non-hydrogen) atoms. The highest BCUT2D eigenvalue weighted by Crippen LogP contribution is 2.36. The Morgan fingerprint density at radius 2 is 1.84 bits per heavy atom. The van der Waals surface area contributed by atoms with E-state index in [4.69, 9.17) is 15.2 Å². The Hall–Kier alpha value is -3.05. The first-order valence-electron chi connectivity index (χ1n) is 8.94. The van der Waals surface area contributed by atoms with Gasteiger partial charge in [-0.2, -0.15) is 5.10 Å². The van der Waals surface area contributed by atoms with E-state index in [0.717, 1.165) is 21.1 Å². The van der Waals surface area contributed by atoms with Crippen LogP contribution in [0.5, 0.6) is 17.2 Å². The van der Waals surface area contributed by atoms with Crippen molar-refractivity contribution < 1.29 is 24.2 Å². The van der Waals surface area contributed by atoms with Gasteiger partial charge in [-0.25, -0.2) is 4.90 Å². The third kappa shape index (κ3) is 5.17. The van der Waals surface area contributed by atoms with E-state index < -0.39 is 5.25 Å². The molecule has 2 aromatic carbocycles. The van der Waals surface area contributed by atoms with Crippen LogP contribution in [0.2, 0.25) is 0 Å². The number of amides is 2. The number of phenolic OH excluding ortho intramolecular Hbond substituents is 1. The first-order valence-corrected chi connectivity index (χ1v) is 10.6. The topological polar surface area (TPSA) is 127 Å². The maximum absolute atomic E-state index is 12.7. The minimum atomic E-state index is -0.677. The molecule has 1 heterocycles. The molecule has 3 rings (SSSR count). The summed E-state index contributed by atoms with van der Waals surface area (Å²) >= 11 is 4.30. The average Bonchev–Trinajstić information content (AvgIpc) is 3.02. The molecular formula is C20H19BrN4O5S. The van der Waals surface area contributed by atoms with Gasteiger partial charge >= 0.3 is 0 Å². The van der Waals surface area contributed by atoms with Gasteiger partial charge in [-0.1, -0.05) is 27.7 Å². The number of hydrogen-bond donors (Lipinski definition) is 2. The Morgan fingerprint density at radius 3 is 2.42 bits per heavy atom. The van der Waals surface area contributed by atoms with Gasteiger partial charge in [0.25, 0.3) is 0 Å². The molecule has 1 atom stereocenters. The van der Waals surface area contributed by atoms with Crippen LogP contribution in [0, 0.1) is 0 Å². The Morgan fingerprint density at radius 1 is 1.23 bits per heavy atom. The van der Waals surface area contributed by atoms with E-state index in [9.17, 15) is 14.7 Å². The number of carbonyl (C=O) groups excluding carboxylic acids is 2. The number of rotatable bonds is 6. The largest absolute Gasteiger partial charge is 0.502 e. The van der Waals surface area contributed by atoms with Gasteiger partial charge in [-0.05, 0) is 36.4 Å². The SMILES string of the molecule is COc1cc(/C=N/N=C(N)S[C@@H]2CC(=O)N(c3ccc(Br)cc3)C2=O)cc(OC)c1O. The molecule has 9 nitrogen and oxygen atoms in total. The van der Waals surface area contributed by atoms with E-state index in [-0.39, 0.29) is 40.7 Å². The lowest BCUT2D eigenvalue weighted by atomic mass is 10.2. The number of carbonyl (C=O) groups is 2. The quantitative estimate of drug-likeness (QED) is 0.267. The number of halogens is 1. The van der Waals surface area contributed by atoms with Crippen molar-refractivity contribution in [2.24, 2.45) is 15.9 Å². The molecule has 0 aromatic heterocycles. The molecule has 11 heteroatoms. The number of nitrogens with zero attached hydrogens (tertiary/aromatic N) is 3. The second-order valence-corrected chi connectivity index (χ2v) is 8.45. The van der Waals surface area contributed by atoms with Crippen LogP contribution >= 0.6 is 27.7 Å². The van der Waals surface area contributed by atoms with E-state index >= 15 is 0 Å². The summed E-state index contributed by atoms with van der Waals surface area (Å²) < 4.78 is 11.0. The zero-order valence-electron chi connectivity index (χ0n) is 16.6. The van der Waals surface area contributed by atoms with Crippen molar-refractivity contribution in [3.05, 3.63) is 46.4 Å². The van der Waals surface area contributed by atoms with Crippen molar-refractivity contribution in [2.45, 2.75) is 11.7 Å². The Bertz CT molecular complexity index is 1030. The molecule has 162 valence electrons. The zero-order valence-corrected chi connectivity index (χ0v) is 19.0. The molecule has 1 fully saturated rings. The Labute approximate surface area is 191 Å². The molecular weight excluding hydrogens is 488 g/mol. The normalized spacial score (nSPS) is 16.9. The number of amidine groups is 1. The van der Waals surface area contributed by atoms with Gasteiger partial charge < -0.3 is 20.3 Å². The fourth-order valence-electron chi connectivity index (χ4n) is 2.87. The third-order valence-corrected chi connectivity index (χ3v) is 5.82. The van der Waals surface area contributed by atoms with E-state index in [1.54, 1.807) is 36.4 Å². The van der Waals surface area contributed by atoms with Crippen LogP contribution in [-0.4, -0.2) is 47.8 Å². The molecule has 0 spiro atoms. The minimum absolute atomic E-state index is 0.0197. The number of methoxy groups -OCH3 is 2. The number of hydrogen-bond acceptors (Lipinski definition) is 8. The predicted molar refractivity (Wildman–Crippen MR) is 123 cm³/mol. The van der Waals surface area contributed by atoms with Crippen LogP contribution in [0.3, 0.4) is 0 Å². The fraction of sp³-hybridized carbons (Fsp3) is 0.200. The van der Waals surface area contributed by atoms with Gasteiger partial charge in [-0.3, -0.25) is 9.59 Å². The summed E-state index contributed by atoms with van der Waals surface area (Å²) in [6.07, 6.45) is 1.42. The monoisotopic (exact) mass is 506 g/mol. The number of benzene rings is 2. The molecule has 0 unspecified atom stereocenters. The molecule has 0 radical (unpaired) electrons. The lowest BCUT2D eigenvalue weighted by molar-refractivity contribution is -0.121. The van der Waals surface area contributed by atoms with Crippen molar-refractivity contribution in [3.63, 3.8) is 0 Å². The van der Waals surface area contributed by atoms with Gasteiger partial charge in [0.2, 0.25) is 17.6 Å². The summed E-state index contributed by atoms with van der Waals surface area (Å²) in [6, 6.07) is 10.00. The number of imide groups is 1. The summed E-state index contributed by atoms with van der Waals surface area (Å²) in [5.41, 5.74) is 6.95. The molecule has 0 saturated carbocycles. The molecule has 0 aliphatic carbocycles. The molecule has 2 aromatic rings. The number of thioether (sulfide) groups is 1. The standard InChI is InChI=1S/C20H19BrN4O5S/c1-29-14-7-11(8-15(30-2)18(14)27)10-23-24-20(22)31-16-9-17(26)25(19(16)28)13-5-3-12(21)4-6-13/h3-8,10,16,27H,9H2,1-2H3,(H2,22,24)/b23-10+/t16-/m1/s1. The van der Waals surface area contributed by atoms with Crippen molar-refractivity contribution in [2.75, 3.05) is 19.1 Å². The van der Waals surface area contributed by atoms with Gasteiger partial charge in [0.05, 0.1) is 26.1 Å². The number of ether oxygens (including phenoxy) is 2. The summed E-state index contributed by atoms with van der Waals surface area (Å²) in [5, 5.41) is 17.1. The zero-order chi connectivity index (χ0) is 22.5. The van der Waals surface area contributed by atoms with Crippen LogP contribution in [0.4, 0.5) is 5.69 Å². The summed E-state index contributed by atoms with van der Waals surface area (Å²) in [4.78, 5) is 26.2. The lowest BCUT2D eigenvalue weighted by Gasteiger charge is -2.14. The maximum atomic E-state index is 12.7. The molecule has 1 aliphatic heterocycles.